The minimum atomic E-state index is -5.34. The number of phosphoric acid groups is 1. The van der Waals surface area contributed by atoms with Gasteiger partial charge in [-0.25, -0.2) is 4.98 Å². The van der Waals surface area contributed by atoms with Crippen LogP contribution < -0.4 is 84.5 Å². The summed E-state index contributed by atoms with van der Waals surface area (Å²) >= 11 is 0. The van der Waals surface area contributed by atoms with Gasteiger partial charge in [0.15, 0.2) is 17.4 Å². The molecule has 3 aromatic rings. The van der Waals surface area contributed by atoms with E-state index >= 15 is 0 Å². The number of imidazole rings is 1. The van der Waals surface area contributed by atoms with Gasteiger partial charge in [-0.15, -0.1) is 0 Å². The number of nitrogens with one attached hydrogen (secondary N) is 2. The van der Waals surface area contributed by atoms with Crippen molar-refractivity contribution in [2.45, 2.75) is 24.5 Å². The molecule has 4 rings (SSSR count). The van der Waals surface area contributed by atoms with E-state index in [1.54, 1.807) is 12.1 Å². The maximum atomic E-state index is 12.5. The van der Waals surface area contributed by atoms with Gasteiger partial charge in [-0.1, -0.05) is 0 Å². The average Bonchev–Trinajstić information content (AvgIpc) is 3.33. The van der Waals surface area contributed by atoms with Gasteiger partial charge in [-0.2, -0.15) is 4.98 Å². The van der Waals surface area contributed by atoms with E-state index in [2.05, 4.69) is 24.8 Å². The number of hydrogen-bond acceptors (Lipinski definition) is 12. The van der Waals surface area contributed by atoms with Gasteiger partial charge >= 0.3 is 59.1 Å². The van der Waals surface area contributed by atoms with Gasteiger partial charge in [-0.3, -0.25) is 24.5 Å². The number of rotatable bonds is 7. The molecule has 0 saturated carbocycles. The van der Waals surface area contributed by atoms with E-state index in [1.165, 1.54) is 19.2 Å². The fraction of sp³-hybridized carbons (Fsp3) is 0.333. The first-order valence-electron chi connectivity index (χ1n) is 9.68. The molecule has 0 radical (unpaired) electrons. The predicted octanol–water partition coefficient (Wildman–Crippen LogP) is -8.15. The molecule has 15 nitrogen and oxygen atoms in total. The topological polar surface area (TPSA) is 224 Å². The number of carbonyl (C=O) groups excluding carboxylic acids is 1. The fourth-order valence-electron chi connectivity index (χ4n) is 3.36. The largest absolute Gasteiger partial charge is 1.00 e. The molecule has 0 spiro atoms. The average molecular weight is 541 g/mol. The number of aromatic amines is 1. The number of anilines is 1. The van der Waals surface area contributed by atoms with Crippen molar-refractivity contribution in [3.63, 3.8) is 0 Å². The third-order valence-corrected chi connectivity index (χ3v) is 5.49. The van der Waals surface area contributed by atoms with Gasteiger partial charge in [0.05, 0.1) is 27.9 Å². The Hall–Kier alpha value is -1.17. The van der Waals surface area contributed by atoms with Crippen molar-refractivity contribution in [2.24, 2.45) is 0 Å². The summed E-state index contributed by atoms with van der Waals surface area (Å²) < 4.78 is 26.4. The second-order valence-corrected chi connectivity index (χ2v) is 8.36. The van der Waals surface area contributed by atoms with Crippen LogP contribution in [0, 0.1) is 0 Å². The van der Waals surface area contributed by atoms with E-state index < -0.39 is 50.4 Å². The molecule has 0 bridgehead atoms. The number of amides is 1. The molecule has 1 aromatic carbocycles. The Balaban J connectivity index is 0.00000228. The van der Waals surface area contributed by atoms with E-state index in [9.17, 15) is 34.2 Å². The molecule has 182 valence electrons. The summed E-state index contributed by atoms with van der Waals surface area (Å²) in [4.78, 5) is 56.8. The standard InChI is InChI=1S/C18H20N5O10P.2Na/c1-31-9-4-2-8(3-5-9)15(26)21-18-20-14-11(16(27)22-18)19-7-23(14)17-13(25)12(24)10(33-17)6-32-34(28,29)30;;/h2-5,7,10,12-13,17,24-25H,6H2,1H3,(H2,28,29,30)(H2,20,21,22,26,27);;/q;2*+1/p-2/t10-,12-,13-,17-;;/m1../s1. The van der Waals surface area contributed by atoms with E-state index in [4.69, 9.17) is 9.47 Å². The van der Waals surface area contributed by atoms with Crippen molar-refractivity contribution in [3.8, 4) is 5.75 Å². The Morgan fingerprint density at radius 2 is 1.92 bits per heavy atom. The number of nitrogens with zero attached hydrogens (tertiary/aromatic N) is 3. The van der Waals surface area contributed by atoms with E-state index in [0.29, 0.717) is 5.75 Å². The number of fused-ring (bicyclic) bond motifs is 1. The molecule has 1 fully saturated rings. The van der Waals surface area contributed by atoms with Gasteiger partial charge in [0.2, 0.25) is 5.95 Å². The Kier molecular flexibility index (Phi) is 10.9. The van der Waals surface area contributed by atoms with Crippen LogP contribution in [0.4, 0.5) is 5.95 Å². The third-order valence-electron chi connectivity index (χ3n) is 5.02. The molecule has 1 aliphatic rings. The van der Waals surface area contributed by atoms with Crippen LogP contribution in [-0.4, -0.2) is 67.7 Å². The van der Waals surface area contributed by atoms with Crippen LogP contribution in [0.2, 0.25) is 0 Å². The zero-order valence-electron chi connectivity index (χ0n) is 19.4. The molecular weight excluding hydrogens is 523 g/mol. The zero-order valence-corrected chi connectivity index (χ0v) is 24.2. The van der Waals surface area contributed by atoms with Crippen LogP contribution >= 0.6 is 7.82 Å². The van der Waals surface area contributed by atoms with E-state index in [0.717, 1.165) is 10.9 Å². The van der Waals surface area contributed by atoms with Crippen molar-refractivity contribution in [2.75, 3.05) is 19.0 Å². The molecule has 3 heterocycles. The number of methoxy groups -OCH3 is 1. The number of aliphatic hydroxyl groups excluding tert-OH is 2. The fourth-order valence-corrected chi connectivity index (χ4v) is 3.68. The van der Waals surface area contributed by atoms with Crippen molar-refractivity contribution in [3.05, 3.63) is 46.5 Å². The van der Waals surface area contributed by atoms with Crippen LogP contribution in [0.1, 0.15) is 16.6 Å². The number of H-pyrrole nitrogens is 1. The van der Waals surface area contributed by atoms with Crippen LogP contribution in [0.25, 0.3) is 11.2 Å². The number of hydrogen-bond donors (Lipinski definition) is 4. The number of ether oxygens (including phenoxy) is 2. The second kappa shape index (κ2) is 12.6. The summed E-state index contributed by atoms with van der Waals surface area (Å²) in [7, 11) is -3.86. The van der Waals surface area contributed by atoms with Crippen molar-refractivity contribution < 1.29 is 102 Å². The SMILES string of the molecule is COc1ccc(C(=O)Nc2nc3c(ncn3[C@@H]3O[C@H](COP(=O)([O-])[O-])[C@@H](O)[C@H]3O)c(=O)[nH]2)cc1.[Na+].[Na+]. The van der Waals surface area contributed by atoms with Crippen LogP contribution in [0.3, 0.4) is 0 Å². The summed E-state index contributed by atoms with van der Waals surface area (Å²) in [6, 6.07) is 6.16. The Labute approximate surface area is 247 Å². The van der Waals surface area contributed by atoms with Gasteiger partial charge in [-0.05, 0) is 24.3 Å². The maximum absolute atomic E-state index is 12.5. The summed E-state index contributed by atoms with van der Waals surface area (Å²) in [6.07, 6.45) is -4.85. The molecule has 0 unspecified atom stereocenters. The van der Waals surface area contributed by atoms with Crippen LogP contribution in [0.15, 0.2) is 35.4 Å². The van der Waals surface area contributed by atoms with Crippen molar-refractivity contribution in [1.29, 1.82) is 0 Å². The third kappa shape index (κ3) is 6.82. The summed E-state index contributed by atoms with van der Waals surface area (Å²) in [5, 5.41) is 23.0. The predicted molar refractivity (Wildman–Crippen MR) is 109 cm³/mol. The molecule has 4 atom stereocenters. The minimum Gasteiger partial charge on any atom is -0.790 e. The number of carbonyl (C=O) groups is 1. The number of phosphoric ester groups is 1. The first-order chi connectivity index (χ1) is 16.1. The van der Waals surface area contributed by atoms with Crippen LogP contribution in [-0.2, 0) is 13.8 Å². The van der Waals surface area contributed by atoms with E-state index in [-0.39, 0.29) is 81.8 Å². The molecule has 1 saturated heterocycles. The summed E-state index contributed by atoms with van der Waals surface area (Å²) in [5.74, 6) is -0.268. The van der Waals surface area contributed by atoms with Crippen molar-refractivity contribution >= 4 is 30.8 Å². The van der Waals surface area contributed by atoms with Crippen molar-refractivity contribution in [1.82, 2.24) is 19.5 Å². The van der Waals surface area contributed by atoms with Gasteiger partial charge in [0, 0.05) is 5.56 Å². The van der Waals surface area contributed by atoms with Crippen LogP contribution in [0.5, 0.6) is 5.75 Å². The van der Waals surface area contributed by atoms with Gasteiger partial charge in [0.25, 0.3) is 11.5 Å². The zero-order chi connectivity index (χ0) is 24.6. The molecule has 1 aliphatic heterocycles. The molecule has 0 aliphatic carbocycles. The molecule has 36 heavy (non-hydrogen) atoms. The molecule has 18 heteroatoms. The monoisotopic (exact) mass is 541 g/mol. The Bertz CT molecular complexity index is 1310. The Morgan fingerprint density at radius 1 is 1.25 bits per heavy atom. The summed E-state index contributed by atoms with van der Waals surface area (Å²) in [5.41, 5.74) is -0.715. The smallest absolute Gasteiger partial charge is 0.790 e. The normalized spacial score (nSPS) is 21.5. The number of aliphatic hydroxyl groups is 2. The van der Waals surface area contributed by atoms with Gasteiger partial charge < -0.3 is 38.6 Å². The number of aromatic nitrogens is 4. The summed E-state index contributed by atoms with van der Waals surface area (Å²) in [6.45, 7) is -0.831. The Morgan fingerprint density at radius 3 is 2.53 bits per heavy atom. The first-order valence-corrected chi connectivity index (χ1v) is 11.1. The van der Waals surface area contributed by atoms with E-state index in [1.807, 2.05) is 0 Å². The quantitative estimate of drug-likeness (QED) is 0.162. The minimum absolute atomic E-state index is 0. The van der Waals surface area contributed by atoms with Gasteiger partial charge in [0.1, 0.15) is 24.1 Å². The maximum Gasteiger partial charge on any atom is 1.00 e. The number of benzene rings is 1. The first kappa shape index (κ1) is 31.1. The molecular formula is C18H18N5Na2O10P. The second-order valence-electron chi connectivity index (χ2n) is 7.21. The molecule has 2 aromatic heterocycles. The molecule has 4 N–H and O–H groups in total. The molecule has 1 amide bonds.